The van der Waals surface area contributed by atoms with Crippen LogP contribution in [0, 0.1) is 26.6 Å². The maximum absolute atomic E-state index is 14.3. The molecule has 0 unspecified atom stereocenters. The van der Waals surface area contributed by atoms with Crippen molar-refractivity contribution in [2.75, 3.05) is 10.8 Å². The Morgan fingerprint density at radius 1 is 0.884 bits per heavy atom. The summed E-state index contributed by atoms with van der Waals surface area (Å²) in [7, 11) is -4.15. The Bertz CT molecular complexity index is 1500. The van der Waals surface area contributed by atoms with E-state index < -0.39 is 34.3 Å². The second-order valence-corrected chi connectivity index (χ2v) is 13.4. The number of halogens is 1. The lowest BCUT2D eigenvalue weighted by Gasteiger charge is -2.34. The number of hydrogen-bond donors (Lipinski definition) is 1. The van der Waals surface area contributed by atoms with Crippen molar-refractivity contribution in [3.8, 4) is 0 Å². The number of sulfonamides is 1. The Kier molecular flexibility index (Phi) is 10.6. The monoisotopic (exact) mass is 607 g/mol. The summed E-state index contributed by atoms with van der Waals surface area (Å²) in [6.45, 7) is 6.98. The van der Waals surface area contributed by atoms with E-state index in [1.54, 1.807) is 36.4 Å². The highest BCUT2D eigenvalue weighted by atomic mass is 32.2. The zero-order chi connectivity index (χ0) is 31.1. The van der Waals surface area contributed by atoms with Crippen LogP contribution in [0.4, 0.5) is 10.1 Å². The predicted molar refractivity (Wildman–Crippen MR) is 168 cm³/mol. The molecule has 1 aliphatic rings. The van der Waals surface area contributed by atoms with E-state index in [0.717, 1.165) is 53.1 Å². The third-order valence-corrected chi connectivity index (χ3v) is 9.77. The van der Waals surface area contributed by atoms with E-state index >= 15 is 0 Å². The number of carbonyl (C=O) groups excluding carboxylic acids is 2. The van der Waals surface area contributed by atoms with Gasteiger partial charge in [0.1, 0.15) is 18.4 Å². The van der Waals surface area contributed by atoms with Crippen molar-refractivity contribution in [2.45, 2.75) is 89.7 Å². The van der Waals surface area contributed by atoms with Gasteiger partial charge in [-0.1, -0.05) is 62.1 Å². The fourth-order valence-electron chi connectivity index (χ4n) is 5.71. The van der Waals surface area contributed by atoms with E-state index in [1.165, 1.54) is 29.2 Å². The van der Waals surface area contributed by atoms with Crippen LogP contribution < -0.4 is 9.62 Å². The molecule has 0 aliphatic heterocycles. The van der Waals surface area contributed by atoms with Crippen LogP contribution in [0.1, 0.15) is 67.7 Å². The average Bonchev–Trinajstić information content (AvgIpc) is 2.97. The molecule has 3 aromatic carbocycles. The average molecular weight is 608 g/mol. The van der Waals surface area contributed by atoms with Gasteiger partial charge in [0.2, 0.25) is 11.8 Å². The molecular weight excluding hydrogens is 565 g/mol. The third kappa shape index (κ3) is 8.22. The van der Waals surface area contributed by atoms with Crippen molar-refractivity contribution in [1.82, 2.24) is 10.2 Å². The maximum atomic E-state index is 14.3. The van der Waals surface area contributed by atoms with Gasteiger partial charge in [-0.15, -0.1) is 0 Å². The van der Waals surface area contributed by atoms with Crippen LogP contribution in [0.2, 0.25) is 0 Å². The predicted octanol–water partition coefficient (Wildman–Crippen LogP) is 6.20. The van der Waals surface area contributed by atoms with Crippen molar-refractivity contribution in [2.24, 2.45) is 0 Å². The SMILES string of the molecule is CC[C@H](C(=O)NC1CCCCC1)N(Cc1ccc(F)cc1)C(=O)CN(c1cc(C)cc(C)c1)S(=O)(=O)c1ccc(C)cc1. The summed E-state index contributed by atoms with van der Waals surface area (Å²) in [6.07, 6.45) is 5.35. The van der Waals surface area contributed by atoms with Crippen LogP contribution in [-0.2, 0) is 26.2 Å². The maximum Gasteiger partial charge on any atom is 0.264 e. The van der Waals surface area contributed by atoms with Crippen molar-refractivity contribution < 1.29 is 22.4 Å². The van der Waals surface area contributed by atoms with Gasteiger partial charge >= 0.3 is 0 Å². The van der Waals surface area contributed by atoms with Crippen molar-refractivity contribution in [1.29, 1.82) is 0 Å². The Morgan fingerprint density at radius 3 is 2.07 bits per heavy atom. The minimum absolute atomic E-state index is 0.0287. The largest absolute Gasteiger partial charge is 0.352 e. The van der Waals surface area contributed by atoms with Crippen LogP contribution in [0.5, 0.6) is 0 Å². The molecule has 3 aromatic rings. The normalized spacial score (nSPS) is 14.6. The first kappa shape index (κ1) is 32.2. The fourth-order valence-corrected chi connectivity index (χ4v) is 7.11. The number of benzene rings is 3. The molecule has 4 rings (SSSR count). The van der Waals surface area contributed by atoms with Gasteiger partial charge in [-0.2, -0.15) is 0 Å². The number of rotatable bonds is 11. The van der Waals surface area contributed by atoms with E-state index in [2.05, 4.69) is 5.32 Å². The van der Waals surface area contributed by atoms with E-state index in [1.807, 2.05) is 33.8 Å². The van der Waals surface area contributed by atoms with Crippen molar-refractivity contribution in [3.63, 3.8) is 0 Å². The molecule has 0 bridgehead atoms. The van der Waals surface area contributed by atoms with Gasteiger partial charge in [0.05, 0.1) is 10.6 Å². The topological polar surface area (TPSA) is 86.8 Å². The third-order valence-electron chi connectivity index (χ3n) is 7.99. The number of aryl methyl sites for hydroxylation is 3. The van der Waals surface area contributed by atoms with Gasteiger partial charge in [0.25, 0.3) is 10.0 Å². The second-order valence-electron chi connectivity index (χ2n) is 11.6. The van der Waals surface area contributed by atoms with Gasteiger partial charge in [0.15, 0.2) is 0 Å². The molecule has 0 saturated heterocycles. The number of nitrogens with zero attached hydrogens (tertiary/aromatic N) is 2. The summed E-state index contributed by atoms with van der Waals surface area (Å²) < 4.78 is 43.0. The summed E-state index contributed by atoms with van der Waals surface area (Å²) in [5.41, 5.74) is 3.63. The van der Waals surface area contributed by atoms with Crippen LogP contribution in [0.15, 0.2) is 71.6 Å². The molecule has 2 amide bonds. The van der Waals surface area contributed by atoms with Crippen LogP contribution in [-0.4, -0.2) is 43.8 Å². The molecule has 0 heterocycles. The number of amides is 2. The highest BCUT2D eigenvalue weighted by molar-refractivity contribution is 7.92. The molecule has 0 spiro atoms. The summed E-state index contributed by atoms with van der Waals surface area (Å²) >= 11 is 0. The first-order valence-electron chi connectivity index (χ1n) is 15.0. The van der Waals surface area contributed by atoms with Crippen LogP contribution >= 0.6 is 0 Å². The molecule has 1 atom stereocenters. The lowest BCUT2D eigenvalue weighted by Crippen LogP contribution is -2.54. The summed E-state index contributed by atoms with van der Waals surface area (Å²) in [4.78, 5) is 29.4. The van der Waals surface area contributed by atoms with E-state index in [4.69, 9.17) is 0 Å². The quantitative estimate of drug-likeness (QED) is 0.281. The van der Waals surface area contributed by atoms with E-state index in [-0.39, 0.29) is 23.4 Å². The molecule has 1 fully saturated rings. The molecule has 0 radical (unpaired) electrons. The summed E-state index contributed by atoms with van der Waals surface area (Å²) in [6, 6.07) is 16.9. The molecule has 43 heavy (non-hydrogen) atoms. The van der Waals surface area contributed by atoms with Crippen LogP contribution in [0.25, 0.3) is 0 Å². The Labute approximate surface area is 255 Å². The van der Waals surface area contributed by atoms with Crippen molar-refractivity contribution >= 4 is 27.5 Å². The molecule has 0 aromatic heterocycles. The van der Waals surface area contributed by atoms with Gasteiger partial charge in [-0.3, -0.25) is 13.9 Å². The number of anilines is 1. The minimum atomic E-state index is -4.15. The Balaban J connectivity index is 1.72. The Hall–Kier alpha value is -3.72. The minimum Gasteiger partial charge on any atom is -0.352 e. The standard InChI is InChI=1S/C34H42FN3O4S/c1-5-32(34(40)36-29-9-7-6-8-10-29)37(22-27-13-15-28(35)16-14-27)33(39)23-38(30-20-25(3)19-26(4)21-30)43(41,42)31-17-11-24(2)12-18-31/h11-21,29,32H,5-10,22-23H2,1-4H3,(H,36,40)/t32-/m1/s1. The lowest BCUT2D eigenvalue weighted by atomic mass is 9.95. The first-order valence-corrected chi connectivity index (χ1v) is 16.4. The van der Waals surface area contributed by atoms with Gasteiger partial charge in [0, 0.05) is 12.6 Å². The lowest BCUT2D eigenvalue weighted by molar-refractivity contribution is -0.140. The van der Waals surface area contributed by atoms with Crippen molar-refractivity contribution in [3.05, 3.63) is 94.8 Å². The highest BCUT2D eigenvalue weighted by Gasteiger charge is 2.34. The second kappa shape index (κ2) is 14.2. The molecule has 1 saturated carbocycles. The first-order chi connectivity index (χ1) is 20.5. The number of carbonyl (C=O) groups is 2. The highest BCUT2D eigenvalue weighted by Crippen LogP contribution is 2.27. The van der Waals surface area contributed by atoms with Gasteiger partial charge in [-0.05, 0) is 93.1 Å². The van der Waals surface area contributed by atoms with E-state index in [0.29, 0.717) is 17.7 Å². The molecule has 1 aliphatic carbocycles. The van der Waals surface area contributed by atoms with E-state index in [9.17, 15) is 22.4 Å². The number of nitrogens with one attached hydrogen (secondary N) is 1. The fraction of sp³-hybridized carbons (Fsp3) is 0.412. The molecule has 1 N–H and O–H groups in total. The zero-order valence-electron chi connectivity index (χ0n) is 25.5. The van der Waals surface area contributed by atoms with Crippen LogP contribution in [0.3, 0.4) is 0 Å². The molecular formula is C34H42FN3O4S. The molecule has 7 nitrogen and oxygen atoms in total. The Morgan fingerprint density at radius 2 is 1.49 bits per heavy atom. The molecule has 9 heteroatoms. The molecule has 230 valence electrons. The summed E-state index contributed by atoms with van der Waals surface area (Å²) in [5.74, 6) is -1.19. The number of hydrogen-bond acceptors (Lipinski definition) is 4. The van der Waals surface area contributed by atoms with Gasteiger partial charge in [-0.25, -0.2) is 12.8 Å². The zero-order valence-corrected chi connectivity index (χ0v) is 26.3. The smallest absolute Gasteiger partial charge is 0.264 e. The summed E-state index contributed by atoms with van der Waals surface area (Å²) in [5, 5.41) is 3.14. The van der Waals surface area contributed by atoms with Gasteiger partial charge < -0.3 is 10.2 Å².